The molecule has 0 spiro atoms. The van der Waals surface area contributed by atoms with E-state index in [2.05, 4.69) is 184 Å². The van der Waals surface area contributed by atoms with Gasteiger partial charge in [-0.05, 0) is 118 Å². The summed E-state index contributed by atoms with van der Waals surface area (Å²) in [5.74, 6) is -0.579. The molecule has 0 fully saturated rings. The van der Waals surface area contributed by atoms with Crippen LogP contribution in [0.15, 0.2) is 243 Å². The first-order valence-electron chi connectivity index (χ1n) is 23.0. The van der Waals surface area contributed by atoms with Crippen LogP contribution in [0.4, 0.5) is 42.9 Å². The van der Waals surface area contributed by atoms with E-state index in [4.69, 9.17) is 0 Å². The van der Waals surface area contributed by atoms with Gasteiger partial charge in [0, 0.05) is 67.3 Å². The lowest BCUT2D eigenvalue weighted by Crippen LogP contribution is -2.61. The first kappa shape index (κ1) is 39.6. The minimum absolute atomic E-state index is 0.262. The molecule has 10 aromatic carbocycles. The highest BCUT2D eigenvalue weighted by molar-refractivity contribution is 7.00. The molecule has 320 valence electrons. The first-order chi connectivity index (χ1) is 33.6. The van der Waals surface area contributed by atoms with Gasteiger partial charge in [-0.1, -0.05) is 164 Å². The standard InChI is InChI=1S/C62H40BF2N3/c64-55-33-15-13-29-49(55)42-21-17-28-47(37-42)67-57-38-43(50-30-14-16-34-56(50)65)35-36-54(57)63-60-53(39-48(40-58(60)67)66(44-22-7-2-8-23-44)45-24-9-3-10-25-45)51-31-18-32-52-59(51)62(63)68(46-26-11-4-12-27-46)61(52)41-19-5-1-6-20-41/h1-40H. The Kier molecular flexibility index (Phi) is 9.32. The van der Waals surface area contributed by atoms with Crippen molar-refractivity contribution in [3.8, 4) is 50.3 Å². The molecule has 11 aromatic rings. The zero-order valence-corrected chi connectivity index (χ0v) is 36.8. The van der Waals surface area contributed by atoms with E-state index in [0.717, 1.165) is 89.6 Å². The van der Waals surface area contributed by atoms with Crippen molar-refractivity contribution in [3.63, 3.8) is 0 Å². The summed E-state index contributed by atoms with van der Waals surface area (Å²) in [6.45, 7) is -0.262. The number of nitrogens with zero attached hydrogens (tertiary/aromatic N) is 3. The Morgan fingerprint density at radius 3 is 1.59 bits per heavy atom. The zero-order chi connectivity index (χ0) is 45.3. The molecule has 0 saturated heterocycles. The quantitative estimate of drug-likeness (QED) is 0.141. The van der Waals surface area contributed by atoms with E-state index < -0.39 is 0 Å². The molecule has 0 unspecified atom stereocenters. The summed E-state index contributed by atoms with van der Waals surface area (Å²) < 4.78 is 34.2. The highest BCUT2D eigenvalue weighted by Crippen LogP contribution is 2.49. The molecule has 2 aliphatic rings. The second kappa shape index (κ2) is 16.0. The molecule has 2 aliphatic heterocycles. The van der Waals surface area contributed by atoms with Gasteiger partial charge in [0.1, 0.15) is 11.6 Å². The van der Waals surface area contributed by atoms with Crippen LogP contribution in [0.25, 0.3) is 61.1 Å². The zero-order valence-electron chi connectivity index (χ0n) is 36.8. The van der Waals surface area contributed by atoms with Crippen LogP contribution in [0.2, 0.25) is 0 Å². The Morgan fingerprint density at radius 2 is 0.926 bits per heavy atom. The highest BCUT2D eigenvalue weighted by Gasteiger charge is 2.45. The normalized spacial score (nSPS) is 12.2. The summed E-state index contributed by atoms with van der Waals surface area (Å²) in [6.07, 6.45) is 0. The summed E-state index contributed by atoms with van der Waals surface area (Å²) in [5.41, 5.74) is 17.3. The van der Waals surface area contributed by atoms with E-state index in [-0.39, 0.29) is 18.3 Å². The number of aromatic nitrogens is 1. The maximum atomic E-state index is 16.0. The Labute approximate surface area is 394 Å². The van der Waals surface area contributed by atoms with E-state index in [1.165, 1.54) is 23.1 Å². The number of para-hydroxylation sites is 3. The van der Waals surface area contributed by atoms with Gasteiger partial charge in [-0.3, -0.25) is 0 Å². The monoisotopic (exact) mass is 875 g/mol. The van der Waals surface area contributed by atoms with Gasteiger partial charge in [0.05, 0.1) is 5.69 Å². The Morgan fingerprint density at radius 1 is 0.382 bits per heavy atom. The van der Waals surface area contributed by atoms with Crippen molar-refractivity contribution in [1.82, 2.24) is 4.57 Å². The summed E-state index contributed by atoms with van der Waals surface area (Å²) in [7, 11) is 0. The number of rotatable bonds is 8. The van der Waals surface area contributed by atoms with Crippen molar-refractivity contribution >= 4 is 68.1 Å². The van der Waals surface area contributed by atoms with Gasteiger partial charge < -0.3 is 14.4 Å². The lowest BCUT2D eigenvalue weighted by atomic mass is 9.33. The van der Waals surface area contributed by atoms with Crippen molar-refractivity contribution in [1.29, 1.82) is 0 Å². The van der Waals surface area contributed by atoms with Crippen molar-refractivity contribution in [2.45, 2.75) is 0 Å². The third-order valence-electron chi connectivity index (χ3n) is 13.7. The summed E-state index contributed by atoms with van der Waals surface area (Å²) in [5, 5.41) is 2.36. The van der Waals surface area contributed by atoms with E-state index in [0.29, 0.717) is 11.1 Å². The molecular formula is C62H40BF2N3. The number of fused-ring (bicyclic) bond motifs is 4. The average Bonchev–Trinajstić information content (AvgIpc) is 3.74. The van der Waals surface area contributed by atoms with E-state index in [1.54, 1.807) is 12.1 Å². The topological polar surface area (TPSA) is 11.4 Å². The van der Waals surface area contributed by atoms with Crippen molar-refractivity contribution in [2.24, 2.45) is 0 Å². The van der Waals surface area contributed by atoms with Gasteiger partial charge in [-0.15, -0.1) is 0 Å². The third kappa shape index (κ3) is 6.25. The second-order valence-electron chi connectivity index (χ2n) is 17.5. The largest absolute Gasteiger partial charge is 0.320 e. The summed E-state index contributed by atoms with van der Waals surface area (Å²) in [4.78, 5) is 4.65. The first-order valence-corrected chi connectivity index (χ1v) is 23.0. The van der Waals surface area contributed by atoms with E-state index in [1.807, 2.05) is 48.5 Å². The molecule has 6 heteroatoms. The molecular weight excluding hydrogens is 836 g/mol. The Balaban J connectivity index is 1.19. The van der Waals surface area contributed by atoms with Crippen LogP contribution >= 0.6 is 0 Å². The van der Waals surface area contributed by atoms with Crippen molar-refractivity contribution in [2.75, 3.05) is 9.80 Å². The molecule has 0 N–H and O–H groups in total. The van der Waals surface area contributed by atoms with Crippen LogP contribution in [0.5, 0.6) is 0 Å². The van der Waals surface area contributed by atoms with Crippen LogP contribution in [0.1, 0.15) is 0 Å². The van der Waals surface area contributed by atoms with Gasteiger partial charge in [0.15, 0.2) is 0 Å². The fourth-order valence-electron chi connectivity index (χ4n) is 10.9. The maximum Gasteiger partial charge on any atom is 0.269 e. The molecule has 0 saturated carbocycles. The third-order valence-corrected chi connectivity index (χ3v) is 13.7. The van der Waals surface area contributed by atoms with Gasteiger partial charge in [-0.25, -0.2) is 8.78 Å². The van der Waals surface area contributed by atoms with Crippen LogP contribution < -0.4 is 26.3 Å². The lowest BCUT2D eigenvalue weighted by molar-refractivity contribution is 0.631. The highest BCUT2D eigenvalue weighted by atomic mass is 19.1. The molecule has 3 nitrogen and oxygen atoms in total. The number of anilines is 6. The maximum absolute atomic E-state index is 16.0. The minimum Gasteiger partial charge on any atom is -0.320 e. The van der Waals surface area contributed by atoms with Crippen molar-refractivity contribution in [3.05, 3.63) is 254 Å². The Bertz CT molecular complexity index is 3680. The molecule has 0 bridgehead atoms. The van der Waals surface area contributed by atoms with E-state index >= 15 is 8.78 Å². The van der Waals surface area contributed by atoms with Gasteiger partial charge in [0.25, 0.3) is 6.71 Å². The minimum atomic E-state index is -0.290. The SMILES string of the molecule is Fc1ccccc1-c1cccc(N2c3cc(-c4ccccc4F)ccc3B3c4c(cc(N(c5ccccc5)c5ccccc5)cc42)-c2cccc4c(-c5ccccc5)n(-c5ccccc5)c3c24)c1. The predicted molar refractivity (Wildman–Crippen MR) is 279 cm³/mol. The molecule has 0 atom stereocenters. The summed E-state index contributed by atoms with van der Waals surface area (Å²) in [6, 6.07) is 82.3. The molecule has 68 heavy (non-hydrogen) atoms. The number of hydrogen-bond donors (Lipinski definition) is 0. The smallest absolute Gasteiger partial charge is 0.269 e. The molecule has 3 heterocycles. The van der Waals surface area contributed by atoms with Gasteiger partial charge in [-0.2, -0.15) is 0 Å². The number of hydrogen-bond acceptors (Lipinski definition) is 2. The van der Waals surface area contributed by atoms with Crippen LogP contribution in [-0.4, -0.2) is 11.3 Å². The second-order valence-corrected chi connectivity index (χ2v) is 17.5. The number of benzene rings is 10. The lowest BCUT2D eigenvalue weighted by Gasteiger charge is -2.41. The van der Waals surface area contributed by atoms with Crippen molar-refractivity contribution < 1.29 is 8.78 Å². The predicted octanol–water partition coefficient (Wildman–Crippen LogP) is 14.7. The summed E-state index contributed by atoms with van der Waals surface area (Å²) >= 11 is 0. The van der Waals surface area contributed by atoms with E-state index in [9.17, 15) is 0 Å². The fraction of sp³-hybridized carbons (Fsp3) is 0. The Hall–Kier alpha value is -8.74. The van der Waals surface area contributed by atoms with Gasteiger partial charge in [0.2, 0.25) is 0 Å². The average molecular weight is 876 g/mol. The van der Waals surface area contributed by atoms with Crippen LogP contribution in [-0.2, 0) is 0 Å². The molecule has 0 radical (unpaired) electrons. The fourth-order valence-corrected chi connectivity index (χ4v) is 10.9. The molecule has 0 aliphatic carbocycles. The molecule has 0 amide bonds. The number of halogens is 2. The van der Waals surface area contributed by atoms with Gasteiger partial charge >= 0.3 is 0 Å². The van der Waals surface area contributed by atoms with Crippen LogP contribution in [0, 0.1) is 11.6 Å². The molecule has 1 aromatic heterocycles. The molecule has 13 rings (SSSR count). The van der Waals surface area contributed by atoms with Crippen LogP contribution in [0.3, 0.4) is 0 Å².